The quantitative estimate of drug-likeness (QED) is 0.763. The van der Waals surface area contributed by atoms with E-state index in [4.69, 9.17) is 5.73 Å². The van der Waals surface area contributed by atoms with Crippen molar-refractivity contribution in [3.8, 4) is 0 Å². The third kappa shape index (κ3) is 2.99. The van der Waals surface area contributed by atoms with Crippen molar-refractivity contribution in [3.05, 3.63) is 28.5 Å². The van der Waals surface area contributed by atoms with Crippen molar-refractivity contribution in [1.29, 1.82) is 0 Å². The van der Waals surface area contributed by atoms with Crippen LogP contribution in [0.1, 0.15) is 12.6 Å². The summed E-state index contributed by atoms with van der Waals surface area (Å²) in [5.74, 6) is 0. The summed E-state index contributed by atoms with van der Waals surface area (Å²) in [6, 6.07) is 6.03. The predicted octanol–water partition coefficient (Wildman–Crippen LogP) is 1.73. The predicted molar refractivity (Wildman–Crippen MR) is 49.3 cm³/mol. The number of hydrogen-bond acceptors (Lipinski definition) is 2. The summed E-state index contributed by atoms with van der Waals surface area (Å²) in [6.45, 7) is 1.97. The maximum absolute atomic E-state index is 5.62. The van der Waals surface area contributed by atoms with E-state index in [0.717, 1.165) is 16.7 Å². The minimum Gasteiger partial charge on any atom is -0.328 e. The van der Waals surface area contributed by atoms with E-state index in [1.807, 2.05) is 25.1 Å². The summed E-state index contributed by atoms with van der Waals surface area (Å²) in [5.41, 5.74) is 6.66. The van der Waals surface area contributed by atoms with E-state index in [2.05, 4.69) is 20.9 Å². The summed E-state index contributed by atoms with van der Waals surface area (Å²) in [5, 5.41) is 0. The molecular formula is C8H11BrN2. The van der Waals surface area contributed by atoms with Gasteiger partial charge in [-0.05, 0) is 35.0 Å². The Bertz CT molecular complexity index is 235. The van der Waals surface area contributed by atoms with Gasteiger partial charge in [0, 0.05) is 18.2 Å². The van der Waals surface area contributed by atoms with E-state index in [9.17, 15) is 0 Å². The van der Waals surface area contributed by atoms with Crippen LogP contribution in [0.5, 0.6) is 0 Å². The Balaban J connectivity index is 2.71. The molecule has 1 rings (SSSR count). The molecule has 1 aromatic rings. The Kier molecular flexibility index (Phi) is 3.02. The number of pyridine rings is 1. The molecule has 1 unspecified atom stereocenters. The number of nitrogens with zero attached hydrogens (tertiary/aromatic N) is 1. The molecule has 0 aliphatic heterocycles. The molecule has 60 valence electrons. The molecule has 3 heteroatoms. The van der Waals surface area contributed by atoms with Gasteiger partial charge >= 0.3 is 0 Å². The van der Waals surface area contributed by atoms with Crippen molar-refractivity contribution < 1.29 is 0 Å². The van der Waals surface area contributed by atoms with E-state index in [1.54, 1.807) is 0 Å². The first-order valence-corrected chi connectivity index (χ1v) is 4.35. The fourth-order valence-corrected chi connectivity index (χ4v) is 1.27. The fourth-order valence-electron chi connectivity index (χ4n) is 0.894. The number of aromatic nitrogens is 1. The van der Waals surface area contributed by atoms with Crippen LogP contribution in [0, 0.1) is 0 Å². The average Bonchev–Trinajstić information content (AvgIpc) is 1.85. The SMILES string of the molecule is CC(N)Cc1cccc(Br)n1. The van der Waals surface area contributed by atoms with Crippen LogP contribution in [-0.4, -0.2) is 11.0 Å². The van der Waals surface area contributed by atoms with Crippen molar-refractivity contribution in [3.63, 3.8) is 0 Å². The van der Waals surface area contributed by atoms with Gasteiger partial charge in [0.25, 0.3) is 0 Å². The van der Waals surface area contributed by atoms with Gasteiger partial charge in [-0.3, -0.25) is 0 Å². The van der Waals surface area contributed by atoms with Crippen LogP contribution >= 0.6 is 15.9 Å². The van der Waals surface area contributed by atoms with Crippen LogP contribution < -0.4 is 5.73 Å². The van der Waals surface area contributed by atoms with Gasteiger partial charge in [-0.1, -0.05) is 6.07 Å². The summed E-state index contributed by atoms with van der Waals surface area (Å²) in [4.78, 5) is 4.25. The molecule has 1 aromatic heterocycles. The fraction of sp³-hybridized carbons (Fsp3) is 0.375. The van der Waals surface area contributed by atoms with E-state index in [1.165, 1.54) is 0 Å². The Morgan fingerprint density at radius 2 is 2.36 bits per heavy atom. The lowest BCUT2D eigenvalue weighted by molar-refractivity contribution is 0.721. The van der Waals surface area contributed by atoms with E-state index in [0.29, 0.717) is 0 Å². The second kappa shape index (κ2) is 3.83. The minimum atomic E-state index is 0.178. The van der Waals surface area contributed by atoms with Gasteiger partial charge in [-0.25, -0.2) is 4.98 Å². The summed E-state index contributed by atoms with van der Waals surface area (Å²) >= 11 is 3.30. The van der Waals surface area contributed by atoms with E-state index in [-0.39, 0.29) is 6.04 Å². The first-order valence-electron chi connectivity index (χ1n) is 3.55. The highest BCUT2D eigenvalue weighted by Crippen LogP contribution is 2.07. The van der Waals surface area contributed by atoms with Crippen LogP contribution in [0.25, 0.3) is 0 Å². The Morgan fingerprint density at radius 1 is 1.64 bits per heavy atom. The highest BCUT2D eigenvalue weighted by atomic mass is 79.9. The number of hydrogen-bond donors (Lipinski definition) is 1. The van der Waals surface area contributed by atoms with Crippen LogP contribution in [-0.2, 0) is 6.42 Å². The Hall–Kier alpha value is -0.410. The zero-order valence-electron chi connectivity index (χ0n) is 6.42. The largest absolute Gasteiger partial charge is 0.328 e. The molecule has 0 aliphatic carbocycles. The lowest BCUT2D eigenvalue weighted by atomic mass is 10.2. The lowest BCUT2D eigenvalue weighted by Crippen LogP contribution is -2.18. The van der Waals surface area contributed by atoms with Crippen LogP contribution in [0.2, 0.25) is 0 Å². The van der Waals surface area contributed by atoms with Crippen molar-refractivity contribution in [2.75, 3.05) is 0 Å². The molecule has 1 heterocycles. The van der Waals surface area contributed by atoms with Gasteiger partial charge in [-0.2, -0.15) is 0 Å². The Labute approximate surface area is 75.0 Å². The lowest BCUT2D eigenvalue weighted by Gasteiger charge is -2.03. The number of nitrogens with two attached hydrogens (primary N) is 1. The maximum atomic E-state index is 5.62. The highest BCUT2D eigenvalue weighted by Gasteiger charge is 1.98. The monoisotopic (exact) mass is 214 g/mol. The topological polar surface area (TPSA) is 38.9 Å². The van der Waals surface area contributed by atoms with Crippen molar-refractivity contribution in [1.82, 2.24) is 4.98 Å². The summed E-state index contributed by atoms with van der Waals surface area (Å²) in [6.07, 6.45) is 0.833. The van der Waals surface area contributed by atoms with E-state index < -0.39 is 0 Å². The zero-order valence-corrected chi connectivity index (χ0v) is 8.01. The zero-order chi connectivity index (χ0) is 8.27. The third-order valence-corrected chi connectivity index (χ3v) is 1.75. The molecule has 0 fully saturated rings. The molecule has 1 atom stereocenters. The molecule has 0 aliphatic rings. The summed E-state index contributed by atoms with van der Waals surface area (Å²) < 4.78 is 0.871. The van der Waals surface area contributed by atoms with Crippen LogP contribution in [0.4, 0.5) is 0 Å². The first kappa shape index (κ1) is 8.68. The standard InChI is InChI=1S/C8H11BrN2/c1-6(10)5-7-3-2-4-8(9)11-7/h2-4,6H,5,10H2,1H3. The second-order valence-corrected chi connectivity index (χ2v) is 3.45. The Morgan fingerprint density at radius 3 is 2.91 bits per heavy atom. The van der Waals surface area contributed by atoms with Crippen LogP contribution in [0.3, 0.4) is 0 Å². The second-order valence-electron chi connectivity index (χ2n) is 2.63. The normalized spacial score (nSPS) is 13.0. The molecule has 0 saturated heterocycles. The average molecular weight is 215 g/mol. The third-order valence-electron chi connectivity index (χ3n) is 1.30. The highest BCUT2D eigenvalue weighted by molar-refractivity contribution is 9.10. The molecule has 0 bridgehead atoms. The van der Waals surface area contributed by atoms with Gasteiger partial charge in [0.2, 0.25) is 0 Å². The molecule has 2 nitrogen and oxygen atoms in total. The van der Waals surface area contributed by atoms with Gasteiger partial charge in [0.1, 0.15) is 4.60 Å². The van der Waals surface area contributed by atoms with Crippen LogP contribution in [0.15, 0.2) is 22.8 Å². The maximum Gasteiger partial charge on any atom is 0.106 e. The van der Waals surface area contributed by atoms with Gasteiger partial charge < -0.3 is 5.73 Å². The van der Waals surface area contributed by atoms with E-state index >= 15 is 0 Å². The number of halogens is 1. The number of rotatable bonds is 2. The molecule has 0 amide bonds. The molecule has 0 aromatic carbocycles. The van der Waals surface area contributed by atoms with Crippen molar-refractivity contribution >= 4 is 15.9 Å². The van der Waals surface area contributed by atoms with Gasteiger partial charge in [0.05, 0.1) is 0 Å². The van der Waals surface area contributed by atoms with Gasteiger partial charge in [0.15, 0.2) is 0 Å². The molecule has 2 N–H and O–H groups in total. The van der Waals surface area contributed by atoms with Gasteiger partial charge in [-0.15, -0.1) is 0 Å². The van der Waals surface area contributed by atoms with Crippen molar-refractivity contribution in [2.45, 2.75) is 19.4 Å². The molecule has 11 heavy (non-hydrogen) atoms. The smallest absolute Gasteiger partial charge is 0.106 e. The first-order chi connectivity index (χ1) is 5.18. The minimum absolute atomic E-state index is 0.178. The van der Waals surface area contributed by atoms with Crippen molar-refractivity contribution in [2.24, 2.45) is 5.73 Å². The molecule has 0 radical (unpaired) electrons. The summed E-state index contributed by atoms with van der Waals surface area (Å²) in [7, 11) is 0. The molecule has 0 spiro atoms. The molecule has 0 saturated carbocycles. The molecular weight excluding hydrogens is 204 g/mol.